The lowest BCUT2D eigenvalue weighted by molar-refractivity contribution is 0.660. The molecular weight excluding hydrogens is 635 g/mol. The number of rotatable bonds is 5. The van der Waals surface area contributed by atoms with Gasteiger partial charge in [0.1, 0.15) is 0 Å². The summed E-state index contributed by atoms with van der Waals surface area (Å²) in [5.74, 6) is 0. The highest BCUT2D eigenvalue weighted by Crippen LogP contribution is 2.53. The van der Waals surface area contributed by atoms with Gasteiger partial charge in [-0.2, -0.15) is 0 Å². The van der Waals surface area contributed by atoms with E-state index >= 15 is 0 Å². The van der Waals surface area contributed by atoms with Gasteiger partial charge < -0.3 is 4.90 Å². The smallest absolute Gasteiger partial charge is 0.0546 e. The molecule has 1 aliphatic carbocycles. The summed E-state index contributed by atoms with van der Waals surface area (Å²) in [6.45, 7) is 4.73. The minimum absolute atomic E-state index is 0.111. The van der Waals surface area contributed by atoms with Crippen LogP contribution in [0.2, 0.25) is 0 Å². The Morgan fingerprint density at radius 1 is 0.431 bits per heavy atom. The van der Waals surface area contributed by atoms with Crippen molar-refractivity contribution < 1.29 is 0 Å². The van der Waals surface area contributed by atoms with E-state index in [0.717, 1.165) is 17.1 Å². The first-order chi connectivity index (χ1) is 25.1. The average molecular weight is 670 g/mol. The van der Waals surface area contributed by atoms with Crippen LogP contribution in [0.1, 0.15) is 25.0 Å². The van der Waals surface area contributed by atoms with Gasteiger partial charge in [0, 0.05) is 48.1 Å². The van der Waals surface area contributed by atoms with Crippen molar-refractivity contribution in [2.75, 3.05) is 4.90 Å². The minimum Gasteiger partial charge on any atom is -0.310 e. The molecular formula is C49H35NS. The second-order valence-corrected chi connectivity index (χ2v) is 15.1. The number of thiophene rings is 1. The summed E-state index contributed by atoms with van der Waals surface area (Å²) in [5, 5.41) is 5.11. The van der Waals surface area contributed by atoms with Gasteiger partial charge >= 0.3 is 0 Å². The zero-order chi connectivity index (χ0) is 34.1. The van der Waals surface area contributed by atoms with Crippen LogP contribution in [0.3, 0.4) is 0 Å². The summed E-state index contributed by atoms with van der Waals surface area (Å²) in [5.41, 5.74) is 13.7. The van der Waals surface area contributed by atoms with Crippen LogP contribution in [0.5, 0.6) is 0 Å². The molecule has 8 aromatic carbocycles. The number of benzene rings is 8. The van der Waals surface area contributed by atoms with E-state index in [0.29, 0.717) is 0 Å². The maximum Gasteiger partial charge on any atom is 0.0546 e. The summed E-state index contributed by atoms with van der Waals surface area (Å²) in [6.07, 6.45) is 0. The van der Waals surface area contributed by atoms with Gasteiger partial charge in [-0.1, -0.05) is 153 Å². The van der Waals surface area contributed by atoms with E-state index in [9.17, 15) is 0 Å². The fourth-order valence-corrected chi connectivity index (χ4v) is 9.70. The van der Waals surface area contributed by atoms with Crippen molar-refractivity contribution in [1.29, 1.82) is 0 Å². The van der Waals surface area contributed by atoms with E-state index in [1.54, 1.807) is 0 Å². The molecule has 51 heavy (non-hydrogen) atoms. The van der Waals surface area contributed by atoms with Crippen LogP contribution in [0.4, 0.5) is 17.1 Å². The van der Waals surface area contributed by atoms with Crippen molar-refractivity contribution in [2.24, 2.45) is 0 Å². The Morgan fingerprint density at radius 2 is 1.06 bits per heavy atom. The molecule has 1 aromatic heterocycles. The number of anilines is 3. The van der Waals surface area contributed by atoms with E-state index in [1.165, 1.54) is 75.5 Å². The maximum atomic E-state index is 2.48. The van der Waals surface area contributed by atoms with Gasteiger partial charge in [0.05, 0.1) is 5.69 Å². The first-order valence-corrected chi connectivity index (χ1v) is 18.5. The largest absolute Gasteiger partial charge is 0.310 e. The van der Waals surface area contributed by atoms with Crippen molar-refractivity contribution in [3.05, 3.63) is 187 Å². The predicted octanol–water partition coefficient (Wildman–Crippen LogP) is 14.3. The molecule has 2 heteroatoms. The van der Waals surface area contributed by atoms with Crippen LogP contribution >= 0.6 is 11.3 Å². The first kappa shape index (κ1) is 29.9. The molecule has 0 bridgehead atoms. The third-order valence-corrected chi connectivity index (χ3v) is 12.1. The number of hydrogen-bond donors (Lipinski definition) is 0. The molecule has 0 saturated heterocycles. The topological polar surface area (TPSA) is 3.24 Å². The molecule has 9 aromatic rings. The van der Waals surface area contributed by atoms with Gasteiger partial charge in [-0.15, -0.1) is 11.3 Å². The highest BCUT2D eigenvalue weighted by Gasteiger charge is 2.36. The van der Waals surface area contributed by atoms with Gasteiger partial charge in [0.2, 0.25) is 0 Å². The van der Waals surface area contributed by atoms with Gasteiger partial charge in [0.25, 0.3) is 0 Å². The van der Waals surface area contributed by atoms with Crippen molar-refractivity contribution in [3.63, 3.8) is 0 Å². The lowest BCUT2D eigenvalue weighted by Gasteiger charge is -2.31. The zero-order valence-corrected chi connectivity index (χ0v) is 29.4. The molecule has 0 saturated carbocycles. The van der Waals surface area contributed by atoms with Gasteiger partial charge in [-0.05, 0) is 80.6 Å². The Hall–Kier alpha value is -5.96. The molecule has 10 rings (SSSR count). The van der Waals surface area contributed by atoms with Gasteiger partial charge in [-0.25, -0.2) is 0 Å². The number of hydrogen-bond acceptors (Lipinski definition) is 2. The van der Waals surface area contributed by atoms with E-state index in [2.05, 4.69) is 195 Å². The van der Waals surface area contributed by atoms with Crippen molar-refractivity contribution in [1.82, 2.24) is 0 Å². The van der Waals surface area contributed by atoms with E-state index in [-0.39, 0.29) is 5.41 Å². The molecule has 0 N–H and O–H groups in total. The van der Waals surface area contributed by atoms with E-state index < -0.39 is 0 Å². The molecule has 0 unspecified atom stereocenters. The summed E-state index contributed by atoms with van der Waals surface area (Å²) in [4.78, 5) is 2.48. The maximum absolute atomic E-state index is 2.48. The molecule has 0 fully saturated rings. The molecule has 0 radical (unpaired) electrons. The predicted molar refractivity (Wildman–Crippen MR) is 220 cm³/mol. The number of nitrogens with zero attached hydrogens (tertiary/aromatic N) is 1. The van der Waals surface area contributed by atoms with Crippen LogP contribution in [-0.4, -0.2) is 0 Å². The zero-order valence-electron chi connectivity index (χ0n) is 28.6. The van der Waals surface area contributed by atoms with Crippen LogP contribution in [0.15, 0.2) is 176 Å². The number of para-hydroxylation sites is 1. The third kappa shape index (κ3) is 4.60. The normalized spacial score (nSPS) is 13.1. The Labute approximate surface area is 302 Å². The molecule has 0 aliphatic heterocycles. The quantitative estimate of drug-likeness (QED) is 0.176. The molecule has 0 amide bonds. The fourth-order valence-electron chi connectivity index (χ4n) is 8.47. The van der Waals surface area contributed by atoms with Crippen LogP contribution in [-0.2, 0) is 5.41 Å². The van der Waals surface area contributed by atoms with Gasteiger partial charge in [0.15, 0.2) is 0 Å². The molecule has 1 aliphatic rings. The summed E-state index contributed by atoms with van der Waals surface area (Å²) in [6, 6.07) is 64.9. The van der Waals surface area contributed by atoms with E-state index in [4.69, 9.17) is 0 Å². The van der Waals surface area contributed by atoms with Crippen molar-refractivity contribution in [2.45, 2.75) is 19.3 Å². The van der Waals surface area contributed by atoms with Crippen molar-refractivity contribution >= 4 is 59.3 Å². The lowest BCUT2D eigenvalue weighted by atomic mass is 9.82. The molecule has 0 spiro atoms. The second kappa shape index (κ2) is 11.6. The molecule has 1 nitrogen and oxygen atoms in total. The van der Waals surface area contributed by atoms with Gasteiger partial charge in [-0.3, -0.25) is 0 Å². The number of fused-ring (bicyclic) bond motifs is 7. The highest BCUT2D eigenvalue weighted by molar-refractivity contribution is 7.26. The Morgan fingerprint density at radius 3 is 1.96 bits per heavy atom. The minimum atomic E-state index is -0.111. The molecule has 1 heterocycles. The fraction of sp³-hybridized carbons (Fsp3) is 0.0612. The summed E-state index contributed by atoms with van der Waals surface area (Å²) >= 11 is 1.89. The van der Waals surface area contributed by atoms with Crippen molar-refractivity contribution in [3.8, 4) is 33.4 Å². The van der Waals surface area contributed by atoms with Crippen LogP contribution in [0.25, 0.3) is 64.3 Å². The summed E-state index contributed by atoms with van der Waals surface area (Å²) < 4.78 is 2.62. The SMILES string of the molecule is CC1(C)c2ccccc2-c2ccc(N(c3ccccc3)c3cccc(-c4cccc5ccccc45)c3-c3cccc4c3sc3ccccc34)cc21. The second-order valence-electron chi connectivity index (χ2n) is 14.1. The molecule has 242 valence electrons. The molecule has 0 atom stereocenters. The third-order valence-electron chi connectivity index (χ3n) is 10.9. The Bertz CT molecular complexity index is 2780. The van der Waals surface area contributed by atoms with Crippen LogP contribution < -0.4 is 4.90 Å². The standard InChI is InChI=1S/C49H35NS/c1-49(2)43-26-10-8-20-37(43)38-30-29-34(31-44(38)49)50(33-17-4-3-5-18-33)45-27-14-23-40(36-22-12-16-32-15-6-7-19-35(32)36)47(45)42-25-13-24-41-39-21-9-11-28-46(39)51-48(41)42/h3-31H,1-2H3. The average Bonchev–Trinajstić information content (AvgIpc) is 3.67. The Kier molecular flexibility index (Phi) is 6.78. The van der Waals surface area contributed by atoms with Crippen LogP contribution in [0, 0.1) is 0 Å². The van der Waals surface area contributed by atoms with E-state index in [1.807, 2.05) is 11.3 Å². The summed E-state index contributed by atoms with van der Waals surface area (Å²) in [7, 11) is 0. The lowest BCUT2D eigenvalue weighted by Crippen LogP contribution is -2.17. The Balaban J connectivity index is 1.30. The highest BCUT2D eigenvalue weighted by atomic mass is 32.1. The monoisotopic (exact) mass is 669 g/mol. The first-order valence-electron chi connectivity index (χ1n) is 17.7.